The Labute approximate surface area is 118 Å². The Kier molecular flexibility index (Phi) is 3.29. The van der Waals surface area contributed by atoms with Gasteiger partial charge in [-0.05, 0) is 42.0 Å². The molecule has 108 valence electrons. The third kappa shape index (κ3) is 2.84. The predicted molar refractivity (Wildman–Crippen MR) is 74.9 cm³/mol. The summed E-state index contributed by atoms with van der Waals surface area (Å²) in [6, 6.07) is 8.78. The minimum atomic E-state index is -4.30. The maximum Gasteiger partial charge on any atom is 0.416 e. The molecule has 0 amide bonds. The topological polar surface area (TPSA) is 40.7 Å². The number of aromatic nitrogens is 2. The van der Waals surface area contributed by atoms with Crippen molar-refractivity contribution in [1.82, 2.24) is 9.97 Å². The van der Waals surface area contributed by atoms with E-state index in [4.69, 9.17) is 0 Å². The molecular weight excluding hydrogens is 279 g/mol. The molecule has 0 radical (unpaired) electrons. The maximum atomic E-state index is 12.5. The quantitative estimate of drug-likeness (QED) is 0.759. The summed E-state index contributed by atoms with van der Waals surface area (Å²) in [5.41, 5.74) is 1.80. The number of pyridine rings is 1. The van der Waals surface area contributed by atoms with Crippen molar-refractivity contribution in [2.75, 3.05) is 5.32 Å². The summed E-state index contributed by atoms with van der Waals surface area (Å²) in [7, 11) is 0. The molecule has 0 bridgehead atoms. The minimum absolute atomic E-state index is 0.511. The second-order valence-corrected chi connectivity index (χ2v) is 4.64. The highest BCUT2D eigenvalue weighted by Gasteiger charge is 2.29. The number of H-pyrrole nitrogens is 1. The van der Waals surface area contributed by atoms with Crippen molar-refractivity contribution in [3.8, 4) is 0 Å². The third-order valence-corrected chi connectivity index (χ3v) is 3.23. The van der Waals surface area contributed by atoms with E-state index >= 15 is 0 Å². The molecule has 3 rings (SSSR count). The molecule has 0 aliphatic rings. The zero-order valence-corrected chi connectivity index (χ0v) is 10.9. The molecule has 0 fully saturated rings. The van der Waals surface area contributed by atoms with E-state index in [1.165, 1.54) is 12.1 Å². The number of fused-ring (bicyclic) bond motifs is 1. The first-order chi connectivity index (χ1) is 10.0. The summed E-state index contributed by atoms with van der Waals surface area (Å²) in [6.45, 7) is 0.511. The first kappa shape index (κ1) is 13.5. The van der Waals surface area contributed by atoms with Crippen LogP contribution in [0.15, 0.2) is 48.8 Å². The molecule has 0 saturated heterocycles. The largest absolute Gasteiger partial charge is 0.416 e. The molecule has 0 aliphatic heterocycles. The SMILES string of the molecule is FC(F)(F)c1ccc(NCc2c[nH]c3ncccc23)cc1. The van der Waals surface area contributed by atoms with E-state index in [-0.39, 0.29) is 0 Å². The van der Waals surface area contributed by atoms with Crippen LogP contribution < -0.4 is 5.32 Å². The summed E-state index contributed by atoms with van der Waals surface area (Å²) in [6.07, 6.45) is -0.762. The lowest BCUT2D eigenvalue weighted by molar-refractivity contribution is -0.137. The van der Waals surface area contributed by atoms with Gasteiger partial charge in [0.1, 0.15) is 5.65 Å². The number of anilines is 1. The van der Waals surface area contributed by atoms with E-state index < -0.39 is 11.7 Å². The summed E-state index contributed by atoms with van der Waals surface area (Å²) >= 11 is 0. The van der Waals surface area contributed by atoms with Crippen LogP contribution in [0.4, 0.5) is 18.9 Å². The highest BCUT2D eigenvalue weighted by molar-refractivity contribution is 5.79. The number of alkyl halides is 3. The van der Waals surface area contributed by atoms with E-state index in [1.54, 1.807) is 6.20 Å². The van der Waals surface area contributed by atoms with Gasteiger partial charge in [-0.3, -0.25) is 0 Å². The molecule has 0 saturated carbocycles. The van der Waals surface area contributed by atoms with Gasteiger partial charge in [0.2, 0.25) is 0 Å². The molecule has 2 aromatic heterocycles. The van der Waals surface area contributed by atoms with Gasteiger partial charge in [0.25, 0.3) is 0 Å². The Morgan fingerprint density at radius 2 is 1.86 bits per heavy atom. The van der Waals surface area contributed by atoms with Crippen molar-refractivity contribution in [2.45, 2.75) is 12.7 Å². The molecule has 2 heterocycles. The molecule has 1 aromatic carbocycles. The van der Waals surface area contributed by atoms with Crippen LogP contribution in [0.25, 0.3) is 11.0 Å². The summed E-state index contributed by atoms with van der Waals surface area (Å²) < 4.78 is 37.4. The molecule has 0 unspecified atom stereocenters. The van der Waals surface area contributed by atoms with Crippen LogP contribution in [0.2, 0.25) is 0 Å². The van der Waals surface area contributed by atoms with Crippen LogP contribution in [0.3, 0.4) is 0 Å². The van der Waals surface area contributed by atoms with Gasteiger partial charge in [-0.15, -0.1) is 0 Å². The number of halogens is 3. The van der Waals surface area contributed by atoms with E-state index in [0.717, 1.165) is 28.7 Å². The Bertz CT molecular complexity index is 745. The highest BCUT2D eigenvalue weighted by atomic mass is 19.4. The number of hydrogen-bond donors (Lipinski definition) is 2. The van der Waals surface area contributed by atoms with Crippen molar-refractivity contribution < 1.29 is 13.2 Å². The molecule has 3 aromatic rings. The van der Waals surface area contributed by atoms with Crippen LogP contribution in [0.1, 0.15) is 11.1 Å². The fraction of sp³-hybridized carbons (Fsp3) is 0.133. The molecule has 0 aliphatic carbocycles. The van der Waals surface area contributed by atoms with Gasteiger partial charge < -0.3 is 10.3 Å². The Hall–Kier alpha value is -2.50. The number of nitrogens with zero attached hydrogens (tertiary/aromatic N) is 1. The van der Waals surface area contributed by atoms with Gasteiger partial charge in [-0.1, -0.05) is 0 Å². The van der Waals surface area contributed by atoms with Crippen LogP contribution in [-0.4, -0.2) is 9.97 Å². The zero-order valence-electron chi connectivity index (χ0n) is 10.9. The average Bonchev–Trinajstić information content (AvgIpc) is 2.88. The molecule has 3 nitrogen and oxygen atoms in total. The van der Waals surface area contributed by atoms with Gasteiger partial charge in [0, 0.05) is 30.0 Å². The Morgan fingerprint density at radius 1 is 1.10 bits per heavy atom. The van der Waals surface area contributed by atoms with Crippen LogP contribution in [-0.2, 0) is 12.7 Å². The number of nitrogens with one attached hydrogen (secondary N) is 2. The zero-order chi connectivity index (χ0) is 14.9. The Balaban J connectivity index is 1.73. The monoisotopic (exact) mass is 291 g/mol. The van der Waals surface area contributed by atoms with Gasteiger partial charge >= 0.3 is 6.18 Å². The number of aromatic amines is 1. The van der Waals surface area contributed by atoms with E-state index in [9.17, 15) is 13.2 Å². The summed E-state index contributed by atoms with van der Waals surface area (Å²) in [5, 5.41) is 4.10. The summed E-state index contributed by atoms with van der Waals surface area (Å²) in [4.78, 5) is 7.24. The fourth-order valence-electron chi connectivity index (χ4n) is 2.13. The second-order valence-electron chi connectivity index (χ2n) is 4.64. The average molecular weight is 291 g/mol. The molecule has 21 heavy (non-hydrogen) atoms. The van der Waals surface area contributed by atoms with Crippen molar-refractivity contribution in [1.29, 1.82) is 0 Å². The van der Waals surface area contributed by atoms with Crippen molar-refractivity contribution in [3.05, 3.63) is 59.9 Å². The number of hydrogen-bond acceptors (Lipinski definition) is 2. The Morgan fingerprint density at radius 3 is 2.57 bits per heavy atom. The van der Waals surface area contributed by atoms with Crippen LogP contribution in [0.5, 0.6) is 0 Å². The molecule has 0 spiro atoms. The molecule has 0 atom stereocenters. The van der Waals surface area contributed by atoms with Gasteiger partial charge in [-0.25, -0.2) is 4.98 Å². The highest BCUT2D eigenvalue weighted by Crippen LogP contribution is 2.30. The minimum Gasteiger partial charge on any atom is -0.381 e. The van der Waals surface area contributed by atoms with Crippen LogP contribution in [0, 0.1) is 0 Å². The lowest BCUT2D eigenvalue weighted by atomic mass is 10.2. The predicted octanol–water partition coefficient (Wildman–Crippen LogP) is 4.19. The number of benzene rings is 1. The lowest BCUT2D eigenvalue weighted by Gasteiger charge is -2.09. The maximum absolute atomic E-state index is 12.5. The van der Waals surface area contributed by atoms with Gasteiger partial charge in [0.05, 0.1) is 5.56 Å². The second kappa shape index (κ2) is 5.12. The smallest absolute Gasteiger partial charge is 0.381 e. The van der Waals surface area contributed by atoms with E-state index in [2.05, 4.69) is 15.3 Å². The standard InChI is InChI=1S/C15H12F3N3/c16-15(17,18)11-3-5-12(6-4-11)20-8-10-9-21-14-13(10)2-1-7-19-14/h1-7,9,20H,8H2,(H,19,21). The van der Waals surface area contributed by atoms with Crippen molar-refractivity contribution in [2.24, 2.45) is 0 Å². The van der Waals surface area contributed by atoms with E-state index in [1.807, 2.05) is 18.3 Å². The lowest BCUT2D eigenvalue weighted by Crippen LogP contribution is -2.05. The van der Waals surface area contributed by atoms with Crippen LogP contribution >= 0.6 is 0 Å². The number of rotatable bonds is 3. The van der Waals surface area contributed by atoms with Crippen molar-refractivity contribution in [3.63, 3.8) is 0 Å². The summed E-state index contributed by atoms with van der Waals surface area (Å²) in [5.74, 6) is 0. The molecule has 6 heteroatoms. The molecule has 2 N–H and O–H groups in total. The first-order valence-electron chi connectivity index (χ1n) is 6.36. The van der Waals surface area contributed by atoms with Gasteiger partial charge in [0.15, 0.2) is 0 Å². The molecular formula is C15H12F3N3. The fourth-order valence-corrected chi connectivity index (χ4v) is 2.13. The van der Waals surface area contributed by atoms with E-state index in [0.29, 0.717) is 12.2 Å². The van der Waals surface area contributed by atoms with Gasteiger partial charge in [-0.2, -0.15) is 13.2 Å². The third-order valence-electron chi connectivity index (χ3n) is 3.23. The first-order valence-corrected chi connectivity index (χ1v) is 6.36. The normalized spacial score (nSPS) is 11.8. The van der Waals surface area contributed by atoms with Crippen molar-refractivity contribution >= 4 is 16.7 Å².